The Bertz CT molecular complexity index is 1160. The predicted octanol–water partition coefficient (Wildman–Crippen LogP) is 4.93. The molecule has 28 heavy (non-hydrogen) atoms. The van der Waals surface area contributed by atoms with Crippen LogP contribution in [0.1, 0.15) is 16.1 Å². The molecule has 2 aromatic carbocycles. The summed E-state index contributed by atoms with van der Waals surface area (Å²) in [4.78, 5) is 19.3. The first-order valence-electron chi connectivity index (χ1n) is 8.33. The molecule has 0 fully saturated rings. The highest BCUT2D eigenvalue weighted by Crippen LogP contribution is 2.31. The molecule has 0 aliphatic rings. The molecule has 2 heterocycles. The Hall–Kier alpha value is -3.52. The second-order valence-electron chi connectivity index (χ2n) is 5.88. The Labute approximate surface area is 163 Å². The maximum Gasteiger partial charge on any atom is 0.354 e. The van der Waals surface area contributed by atoms with E-state index >= 15 is 0 Å². The molecular formula is C20H14FN3O3S. The Morgan fingerprint density at radius 3 is 2.79 bits per heavy atom. The predicted molar refractivity (Wildman–Crippen MR) is 105 cm³/mol. The lowest BCUT2D eigenvalue weighted by Gasteiger charge is -2.05. The lowest BCUT2D eigenvalue weighted by atomic mass is 10.2. The van der Waals surface area contributed by atoms with E-state index in [-0.39, 0.29) is 11.5 Å². The summed E-state index contributed by atoms with van der Waals surface area (Å²) in [5, 5.41) is 12.8. The third-order valence-electron chi connectivity index (χ3n) is 3.93. The molecule has 0 saturated carbocycles. The minimum absolute atomic E-state index is 0.0870. The van der Waals surface area contributed by atoms with Crippen LogP contribution < -0.4 is 10.1 Å². The number of rotatable bonds is 6. The second kappa shape index (κ2) is 7.61. The summed E-state index contributed by atoms with van der Waals surface area (Å²) in [5.41, 5.74) is 1.27. The molecule has 0 radical (unpaired) electrons. The van der Waals surface area contributed by atoms with Crippen molar-refractivity contribution in [2.75, 3.05) is 5.32 Å². The highest BCUT2D eigenvalue weighted by atomic mass is 32.1. The molecule has 4 aromatic rings. The number of hydrogen-bond acceptors (Lipinski definition) is 6. The number of pyridine rings is 1. The largest absolute Gasteiger partial charge is 0.477 e. The van der Waals surface area contributed by atoms with Gasteiger partial charge in [-0.15, -0.1) is 0 Å². The number of carboxylic acids is 1. The lowest BCUT2D eigenvalue weighted by Crippen LogP contribution is -2.00. The fraction of sp³-hybridized carbons (Fsp3) is 0.0500. The zero-order valence-corrected chi connectivity index (χ0v) is 15.2. The van der Waals surface area contributed by atoms with Crippen LogP contribution in [0.25, 0.3) is 10.2 Å². The minimum Gasteiger partial charge on any atom is -0.477 e. The average Bonchev–Trinajstić information content (AvgIpc) is 3.10. The maximum atomic E-state index is 13.7. The normalized spacial score (nSPS) is 10.8. The van der Waals surface area contributed by atoms with Crippen LogP contribution in [-0.4, -0.2) is 21.0 Å². The number of carbonyl (C=O) groups is 1. The number of anilines is 1. The molecule has 4 rings (SSSR count). The van der Waals surface area contributed by atoms with E-state index in [1.54, 1.807) is 30.3 Å². The number of benzene rings is 2. The fourth-order valence-electron chi connectivity index (χ4n) is 2.58. The van der Waals surface area contributed by atoms with Crippen molar-refractivity contribution in [1.82, 2.24) is 9.97 Å². The summed E-state index contributed by atoms with van der Waals surface area (Å²) >= 11 is 1.42. The number of aromatic carboxylic acids is 1. The van der Waals surface area contributed by atoms with Crippen LogP contribution in [0.3, 0.4) is 0 Å². The minimum atomic E-state index is -1.12. The number of nitrogens with one attached hydrogen (secondary N) is 1. The van der Waals surface area contributed by atoms with Gasteiger partial charge in [-0.25, -0.2) is 19.2 Å². The molecule has 0 bridgehead atoms. The number of ether oxygens (including phenoxy) is 1. The third kappa shape index (κ3) is 3.91. The zero-order valence-electron chi connectivity index (χ0n) is 14.4. The van der Waals surface area contributed by atoms with Gasteiger partial charge in [0.05, 0.1) is 10.2 Å². The van der Waals surface area contributed by atoms with Crippen molar-refractivity contribution in [3.8, 4) is 11.5 Å². The van der Waals surface area contributed by atoms with Gasteiger partial charge in [0, 0.05) is 30.4 Å². The van der Waals surface area contributed by atoms with Gasteiger partial charge in [-0.3, -0.25) is 0 Å². The van der Waals surface area contributed by atoms with E-state index < -0.39 is 5.97 Å². The Morgan fingerprint density at radius 2 is 1.96 bits per heavy atom. The molecule has 0 amide bonds. The van der Waals surface area contributed by atoms with Crippen molar-refractivity contribution >= 4 is 32.7 Å². The van der Waals surface area contributed by atoms with Gasteiger partial charge in [-0.2, -0.15) is 0 Å². The van der Waals surface area contributed by atoms with Crippen molar-refractivity contribution in [2.24, 2.45) is 0 Å². The summed E-state index contributed by atoms with van der Waals surface area (Å²) < 4.78 is 20.3. The molecule has 0 saturated heterocycles. The van der Waals surface area contributed by atoms with Gasteiger partial charge in [-0.05, 0) is 24.3 Å². The van der Waals surface area contributed by atoms with Crippen LogP contribution in [0.4, 0.5) is 9.52 Å². The summed E-state index contributed by atoms with van der Waals surface area (Å²) in [6, 6.07) is 14.9. The molecule has 0 aliphatic heterocycles. The van der Waals surface area contributed by atoms with Crippen molar-refractivity contribution in [3.05, 3.63) is 77.9 Å². The van der Waals surface area contributed by atoms with Crippen molar-refractivity contribution in [2.45, 2.75) is 6.54 Å². The highest BCUT2D eigenvalue weighted by Gasteiger charge is 2.09. The quantitative estimate of drug-likeness (QED) is 0.481. The number of nitrogens with zero attached hydrogens (tertiary/aromatic N) is 2. The van der Waals surface area contributed by atoms with Crippen molar-refractivity contribution in [1.29, 1.82) is 0 Å². The fourth-order valence-corrected chi connectivity index (χ4v) is 3.47. The van der Waals surface area contributed by atoms with Crippen LogP contribution in [-0.2, 0) is 6.54 Å². The summed E-state index contributed by atoms with van der Waals surface area (Å²) in [7, 11) is 0. The molecular weight excluding hydrogens is 381 g/mol. The van der Waals surface area contributed by atoms with Crippen molar-refractivity contribution in [3.63, 3.8) is 0 Å². The van der Waals surface area contributed by atoms with E-state index in [1.807, 2.05) is 12.1 Å². The number of halogens is 1. The number of carboxylic acid groups (broad SMARTS) is 1. The molecule has 8 heteroatoms. The van der Waals surface area contributed by atoms with Crippen LogP contribution in [0.15, 0.2) is 60.8 Å². The first-order valence-corrected chi connectivity index (χ1v) is 9.15. The molecule has 0 spiro atoms. The summed E-state index contributed by atoms with van der Waals surface area (Å²) in [6.45, 7) is 0.338. The number of hydrogen-bond donors (Lipinski definition) is 2. The van der Waals surface area contributed by atoms with Crippen molar-refractivity contribution < 1.29 is 19.0 Å². The Kier molecular flexibility index (Phi) is 4.86. The number of aromatic nitrogens is 2. The number of thiazole rings is 1. The molecule has 2 aromatic heterocycles. The van der Waals surface area contributed by atoms with Gasteiger partial charge in [0.1, 0.15) is 17.3 Å². The van der Waals surface area contributed by atoms with Gasteiger partial charge in [0.25, 0.3) is 0 Å². The van der Waals surface area contributed by atoms with E-state index in [0.29, 0.717) is 28.7 Å². The molecule has 2 N–H and O–H groups in total. The summed E-state index contributed by atoms with van der Waals surface area (Å²) in [5.74, 6) is -0.438. The van der Waals surface area contributed by atoms with Gasteiger partial charge >= 0.3 is 5.97 Å². The Morgan fingerprint density at radius 1 is 1.14 bits per heavy atom. The van der Waals surface area contributed by atoms with Crippen LogP contribution in [0.5, 0.6) is 11.5 Å². The number of fused-ring (bicyclic) bond motifs is 1. The van der Waals surface area contributed by atoms with Crippen LogP contribution in [0, 0.1) is 5.82 Å². The first kappa shape index (κ1) is 17.9. The second-order valence-corrected chi connectivity index (χ2v) is 6.91. The van der Waals surface area contributed by atoms with Crippen LogP contribution >= 0.6 is 11.3 Å². The van der Waals surface area contributed by atoms with E-state index in [9.17, 15) is 9.18 Å². The van der Waals surface area contributed by atoms with Gasteiger partial charge in [0.15, 0.2) is 10.8 Å². The maximum absolute atomic E-state index is 13.7. The van der Waals surface area contributed by atoms with E-state index in [2.05, 4.69) is 15.3 Å². The topological polar surface area (TPSA) is 84.3 Å². The van der Waals surface area contributed by atoms with E-state index in [1.165, 1.54) is 29.7 Å². The first-order chi connectivity index (χ1) is 13.6. The van der Waals surface area contributed by atoms with Crippen LogP contribution in [0.2, 0.25) is 0 Å². The molecule has 6 nitrogen and oxygen atoms in total. The molecule has 0 aliphatic carbocycles. The molecule has 0 unspecified atom stereocenters. The molecule has 0 atom stereocenters. The van der Waals surface area contributed by atoms with Gasteiger partial charge in [0.2, 0.25) is 0 Å². The van der Waals surface area contributed by atoms with E-state index in [4.69, 9.17) is 9.84 Å². The lowest BCUT2D eigenvalue weighted by molar-refractivity contribution is 0.0690. The molecule has 140 valence electrons. The SMILES string of the molecule is O=C(O)c1cc(Oc2ccc3nc(NCc4ccccc4F)sc3c2)ccn1. The third-order valence-corrected chi connectivity index (χ3v) is 4.91. The highest BCUT2D eigenvalue weighted by molar-refractivity contribution is 7.22. The van der Waals surface area contributed by atoms with Gasteiger partial charge in [-0.1, -0.05) is 29.5 Å². The van der Waals surface area contributed by atoms with Gasteiger partial charge < -0.3 is 15.2 Å². The van der Waals surface area contributed by atoms with E-state index in [0.717, 1.165) is 10.2 Å². The monoisotopic (exact) mass is 395 g/mol. The summed E-state index contributed by atoms with van der Waals surface area (Å²) in [6.07, 6.45) is 1.38. The average molecular weight is 395 g/mol. The smallest absolute Gasteiger partial charge is 0.354 e. The zero-order chi connectivity index (χ0) is 19.5. The standard InChI is InChI=1S/C20H14FN3O3S/c21-15-4-2-1-3-12(15)11-23-20-24-16-6-5-13(10-18(16)28-20)27-14-7-8-22-17(9-14)19(25)26/h1-10H,11H2,(H,23,24)(H,25,26). The Balaban J connectivity index is 1.51.